The van der Waals surface area contributed by atoms with Crippen molar-refractivity contribution in [2.45, 2.75) is 33.1 Å². The van der Waals surface area contributed by atoms with Crippen molar-refractivity contribution in [3.63, 3.8) is 0 Å². The summed E-state index contributed by atoms with van der Waals surface area (Å²) in [7, 11) is 0. The smallest absolute Gasteiger partial charge is 0.216 e. The second kappa shape index (κ2) is 7.84. The average molecular weight is 417 g/mol. The van der Waals surface area contributed by atoms with Gasteiger partial charge in [-0.3, -0.25) is 5.10 Å². The predicted octanol–water partition coefficient (Wildman–Crippen LogP) is 5.28. The summed E-state index contributed by atoms with van der Waals surface area (Å²) in [5.41, 5.74) is 4.78. The molecule has 0 amide bonds. The molecule has 0 saturated carbocycles. The number of aromatic amines is 1. The number of rotatable bonds is 4. The standard InChI is InChI=1S/C23H24N6S/c1-16-10-12-17(13-11-16)20-18(15-28(27-20)19-8-6-5-7-9-19)14-24-29-21(23(2,3)4)25-26-22(29)30/h5-15H,1-4H3,(H,26,30)/b24-14-. The first kappa shape index (κ1) is 20.0. The number of benzene rings is 2. The monoisotopic (exact) mass is 416 g/mol. The molecule has 0 aliphatic heterocycles. The maximum atomic E-state index is 5.39. The fraction of sp³-hybridized carbons (Fsp3) is 0.217. The van der Waals surface area contributed by atoms with Crippen LogP contribution in [0.2, 0.25) is 0 Å². The average Bonchev–Trinajstić information content (AvgIpc) is 3.31. The number of aromatic nitrogens is 5. The van der Waals surface area contributed by atoms with Gasteiger partial charge in [-0.1, -0.05) is 68.8 Å². The molecule has 6 nitrogen and oxygen atoms in total. The molecule has 0 aliphatic rings. The van der Waals surface area contributed by atoms with E-state index in [1.165, 1.54) is 5.56 Å². The molecule has 4 aromatic rings. The van der Waals surface area contributed by atoms with E-state index in [1.807, 2.05) is 41.2 Å². The van der Waals surface area contributed by atoms with Crippen molar-refractivity contribution >= 4 is 18.4 Å². The van der Waals surface area contributed by atoms with E-state index in [0.29, 0.717) is 4.77 Å². The van der Waals surface area contributed by atoms with Gasteiger partial charge in [0.1, 0.15) is 5.69 Å². The van der Waals surface area contributed by atoms with Crippen LogP contribution in [0.1, 0.15) is 37.7 Å². The van der Waals surface area contributed by atoms with E-state index in [0.717, 1.165) is 28.3 Å². The summed E-state index contributed by atoms with van der Waals surface area (Å²) in [6, 6.07) is 18.4. The van der Waals surface area contributed by atoms with Crippen LogP contribution in [0.3, 0.4) is 0 Å². The number of H-pyrrole nitrogens is 1. The number of hydrogen-bond acceptors (Lipinski definition) is 4. The molecule has 0 bridgehead atoms. The molecule has 0 radical (unpaired) electrons. The highest BCUT2D eigenvalue weighted by Gasteiger charge is 2.21. The third-order valence-corrected chi connectivity index (χ3v) is 4.99. The molecule has 4 rings (SSSR count). The molecule has 2 heterocycles. The SMILES string of the molecule is Cc1ccc(-c2nn(-c3ccccc3)cc2/C=N\n2c(C(C)(C)C)n[nH]c2=S)cc1. The fourth-order valence-corrected chi connectivity index (χ4v) is 3.31. The van der Waals surface area contributed by atoms with Gasteiger partial charge in [0, 0.05) is 22.7 Å². The molecule has 7 heteroatoms. The molecule has 0 atom stereocenters. The third-order valence-electron chi connectivity index (χ3n) is 4.72. The molecule has 0 unspecified atom stereocenters. The topological polar surface area (TPSA) is 63.8 Å². The van der Waals surface area contributed by atoms with Crippen LogP contribution in [0.4, 0.5) is 0 Å². The number of aryl methyl sites for hydroxylation is 1. The first-order valence-corrected chi connectivity index (χ1v) is 10.2. The van der Waals surface area contributed by atoms with Crippen LogP contribution in [0.5, 0.6) is 0 Å². The Kier molecular flexibility index (Phi) is 5.22. The Balaban J connectivity index is 1.82. The van der Waals surface area contributed by atoms with Crippen molar-refractivity contribution in [3.05, 3.63) is 82.5 Å². The van der Waals surface area contributed by atoms with Gasteiger partial charge in [-0.15, -0.1) is 0 Å². The van der Waals surface area contributed by atoms with Gasteiger partial charge >= 0.3 is 0 Å². The lowest BCUT2D eigenvalue weighted by atomic mass is 9.96. The highest BCUT2D eigenvalue weighted by Crippen LogP contribution is 2.24. The van der Waals surface area contributed by atoms with E-state index in [9.17, 15) is 0 Å². The molecule has 2 aromatic carbocycles. The quantitative estimate of drug-likeness (QED) is 0.364. The van der Waals surface area contributed by atoms with Gasteiger partial charge in [0.2, 0.25) is 4.77 Å². The van der Waals surface area contributed by atoms with Gasteiger partial charge < -0.3 is 0 Å². The van der Waals surface area contributed by atoms with Crippen molar-refractivity contribution in [2.24, 2.45) is 5.10 Å². The van der Waals surface area contributed by atoms with Crippen molar-refractivity contribution < 1.29 is 0 Å². The van der Waals surface area contributed by atoms with Crippen molar-refractivity contribution in [2.75, 3.05) is 0 Å². The summed E-state index contributed by atoms with van der Waals surface area (Å²) < 4.78 is 4.01. The van der Waals surface area contributed by atoms with E-state index >= 15 is 0 Å². The second-order valence-electron chi connectivity index (χ2n) is 8.24. The van der Waals surface area contributed by atoms with Crippen LogP contribution >= 0.6 is 12.2 Å². The van der Waals surface area contributed by atoms with Crippen molar-refractivity contribution in [1.82, 2.24) is 24.7 Å². The Labute approximate surface area is 180 Å². The Bertz CT molecular complexity index is 1240. The van der Waals surface area contributed by atoms with E-state index < -0.39 is 0 Å². The maximum Gasteiger partial charge on any atom is 0.216 e. The Morgan fingerprint density at radius 2 is 1.73 bits per heavy atom. The molecule has 0 saturated heterocycles. The number of nitrogens with zero attached hydrogens (tertiary/aromatic N) is 5. The summed E-state index contributed by atoms with van der Waals surface area (Å²) in [5.74, 6) is 0.774. The van der Waals surface area contributed by atoms with E-state index in [1.54, 1.807) is 10.9 Å². The van der Waals surface area contributed by atoms with Crippen LogP contribution in [0.25, 0.3) is 16.9 Å². The lowest BCUT2D eigenvalue weighted by Crippen LogP contribution is -2.17. The zero-order valence-corrected chi connectivity index (χ0v) is 18.3. The normalized spacial score (nSPS) is 12.0. The van der Waals surface area contributed by atoms with Gasteiger partial charge in [0.05, 0.1) is 11.9 Å². The van der Waals surface area contributed by atoms with E-state index in [2.05, 4.69) is 67.3 Å². The Morgan fingerprint density at radius 1 is 1.03 bits per heavy atom. The van der Waals surface area contributed by atoms with Gasteiger partial charge in [-0.25, -0.2) is 4.68 Å². The van der Waals surface area contributed by atoms with Crippen LogP contribution in [-0.4, -0.2) is 30.9 Å². The summed E-state index contributed by atoms with van der Waals surface area (Å²) in [5, 5.41) is 16.7. The molecule has 0 aliphatic carbocycles. The minimum atomic E-state index is -0.196. The number of hydrogen-bond donors (Lipinski definition) is 1. The predicted molar refractivity (Wildman–Crippen MR) is 123 cm³/mol. The second-order valence-corrected chi connectivity index (χ2v) is 8.62. The van der Waals surface area contributed by atoms with Crippen LogP contribution in [0.15, 0.2) is 65.9 Å². The molecule has 0 fully saturated rings. The van der Waals surface area contributed by atoms with Gasteiger partial charge in [-0.2, -0.15) is 20.0 Å². The fourth-order valence-electron chi connectivity index (χ4n) is 3.13. The summed E-state index contributed by atoms with van der Waals surface area (Å²) in [4.78, 5) is 0. The van der Waals surface area contributed by atoms with Crippen LogP contribution in [0, 0.1) is 11.7 Å². The minimum absolute atomic E-state index is 0.196. The zero-order chi connectivity index (χ0) is 21.3. The summed E-state index contributed by atoms with van der Waals surface area (Å²) >= 11 is 5.39. The highest BCUT2D eigenvalue weighted by molar-refractivity contribution is 7.71. The third kappa shape index (κ3) is 4.02. The van der Waals surface area contributed by atoms with E-state index in [4.69, 9.17) is 17.3 Å². The Hall–Kier alpha value is -3.32. The molecular weight excluding hydrogens is 392 g/mol. The largest absolute Gasteiger partial charge is 0.250 e. The van der Waals surface area contributed by atoms with Crippen LogP contribution in [-0.2, 0) is 5.41 Å². The first-order chi connectivity index (χ1) is 14.3. The zero-order valence-electron chi connectivity index (χ0n) is 17.5. The molecule has 30 heavy (non-hydrogen) atoms. The number of para-hydroxylation sites is 1. The van der Waals surface area contributed by atoms with Crippen molar-refractivity contribution in [1.29, 1.82) is 0 Å². The molecule has 152 valence electrons. The van der Waals surface area contributed by atoms with Crippen molar-refractivity contribution in [3.8, 4) is 16.9 Å². The molecule has 2 aromatic heterocycles. The summed E-state index contributed by atoms with van der Waals surface area (Å²) in [6.45, 7) is 8.31. The molecule has 0 spiro atoms. The molecular formula is C23H24N6S. The van der Waals surface area contributed by atoms with Gasteiger partial charge in [0.15, 0.2) is 5.82 Å². The van der Waals surface area contributed by atoms with Crippen LogP contribution < -0.4 is 0 Å². The van der Waals surface area contributed by atoms with Gasteiger partial charge in [-0.05, 0) is 31.3 Å². The maximum absolute atomic E-state index is 5.39. The molecule has 1 N–H and O–H groups in total. The summed E-state index contributed by atoms with van der Waals surface area (Å²) in [6.07, 6.45) is 3.77. The lowest BCUT2D eigenvalue weighted by Gasteiger charge is -2.15. The Morgan fingerprint density at radius 3 is 2.40 bits per heavy atom. The van der Waals surface area contributed by atoms with Gasteiger partial charge in [0.25, 0.3) is 0 Å². The minimum Gasteiger partial charge on any atom is -0.250 e. The first-order valence-electron chi connectivity index (χ1n) is 9.77. The van der Waals surface area contributed by atoms with E-state index in [-0.39, 0.29) is 5.41 Å². The lowest BCUT2D eigenvalue weighted by molar-refractivity contribution is 0.516. The number of nitrogens with one attached hydrogen (secondary N) is 1. The highest BCUT2D eigenvalue weighted by atomic mass is 32.1.